The van der Waals surface area contributed by atoms with Crippen LogP contribution in [0, 0.1) is 12.3 Å². The molecule has 0 N–H and O–H groups in total. The minimum atomic E-state index is 0.505. The van der Waals surface area contributed by atoms with Crippen molar-refractivity contribution in [3.63, 3.8) is 0 Å². The summed E-state index contributed by atoms with van der Waals surface area (Å²) in [5, 5.41) is 0. The van der Waals surface area contributed by atoms with Gasteiger partial charge >= 0.3 is 0 Å². The van der Waals surface area contributed by atoms with Gasteiger partial charge in [-0.3, -0.25) is 0 Å². The summed E-state index contributed by atoms with van der Waals surface area (Å²) in [5.74, 6) is 2.63. The summed E-state index contributed by atoms with van der Waals surface area (Å²) in [6, 6.07) is 8.10. The zero-order valence-corrected chi connectivity index (χ0v) is 8.64. The molecule has 0 saturated heterocycles. The summed E-state index contributed by atoms with van der Waals surface area (Å²) in [6.45, 7) is 2.13. The number of hydrogen-bond donors (Lipinski definition) is 0. The molecule has 0 saturated carbocycles. The Bertz CT molecular complexity index is 294. The van der Waals surface area contributed by atoms with Gasteiger partial charge in [-0.2, -0.15) is 0 Å². The van der Waals surface area contributed by atoms with Crippen molar-refractivity contribution in [1.82, 2.24) is 0 Å². The molecule has 1 aromatic carbocycles. The molecule has 0 fully saturated rings. The van der Waals surface area contributed by atoms with Crippen molar-refractivity contribution in [1.29, 1.82) is 0 Å². The Morgan fingerprint density at radius 2 is 2.33 bits per heavy atom. The normalized spacial score (nSPS) is 12.1. The molecule has 12 heavy (non-hydrogen) atoms. The number of halogens is 1. The quantitative estimate of drug-likeness (QED) is 0.534. The molecule has 0 bridgehead atoms. The fourth-order valence-electron chi connectivity index (χ4n) is 1.11. The SMILES string of the molecule is C#Cc1cccc(CC(C)Br)c1. The smallest absolute Gasteiger partial charge is 0.0245 e. The third kappa shape index (κ3) is 2.71. The van der Waals surface area contributed by atoms with Crippen molar-refractivity contribution < 1.29 is 0 Å². The molecule has 62 valence electrons. The Balaban J connectivity index is 2.81. The summed E-state index contributed by atoms with van der Waals surface area (Å²) in [5.41, 5.74) is 2.25. The van der Waals surface area contributed by atoms with Crippen molar-refractivity contribution in [3.8, 4) is 12.3 Å². The van der Waals surface area contributed by atoms with Crippen LogP contribution >= 0.6 is 15.9 Å². The maximum atomic E-state index is 5.29. The molecule has 1 unspecified atom stereocenters. The van der Waals surface area contributed by atoms with Gasteiger partial charge in [-0.1, -0.05) is 40.9 Å². The van der Waals surface area contributed by atoms with Crippen LogP contribution in [-0.2, 0) is 6.42 Å². The van der Waals surface area contributed by atoms with Gasteiger partial charge in [0, 0.05) is 10.4 Å². The number of terminal acetylenes is 1. The standard InChI is InChI=1S/C11H11Br/c1-3-10-5-4-6-11(8-10)7-9(2)12/h1,4-6,8-9H,7H2,2H3. The second-order valence-corrected chi connectivity index (χ2v) is 4.39. The van der Waals surface area contributed by atoms with E-state index in [4.69, 9.17) is 6.42 Å². The fraction of sp³-hybridized carbons (Fsp3) is 0.273. The lowest BCUT2D eigenvalue weighted by molar-refractivity contribution is 0.959. The molecule has 0 aliphatic heterocycles. The lowest BCUT2D eigenvalue weighted by Gasteiger charge is -2.03. The summed E-state index contributed by atoms with van der Waals surface area (Å²) < 4.78 is 0. The fourth-order valence-corrected chi connectivity index (χ4v) is 1.49. The zero-order chi connectivity index (χ0) is 8.97. The number of rotatable bonds is 2. The third-order valence-electron chi connectivity index (χ3n) is 1.61. The first-order chi connectivity index (χ1) is 5.72. The van der Waals surface area contributed by atoms with Crippen LogP contribution in [0.25, 0.3) is 0 Å². The van der Waals surface area contributed by atoms with E-state index in [1.807, 2.05) is 12.1 Å². The molecule has 0 aliphatic rings. The predicted octanol–water partition coefficient (Wildman–Crippen LogP) is 2.99. The van der Waals surface area contributed by atoms with Crippen molar-refractivity contribution in [2.75, 3.05) is 0 Å². The van der Waals surface area contributed by atoms with Crippen LogP contribution in [0.4, 0.5) is 0 Å². The van der Waals surface area contributed by atoms with Crippen molar-refractivity contribution in [2.45, 2.75) is 18.2 Å². The Labute approximate surface area is 82.1 Å². The topological polar surface area (TPSA) is 0 Å². The van der Waals surface area contributed by atoms with Crippen molar-refractivity contribution >= 4 is 15.9 Å². The van der Waals surface area contributed by atoms with Crippen LogP contribution in [0.3, 0.4) is 0 Å². The van der Waals surface area contributed by atoms with Gasteiger partial charge < -0.3 is 0 Å². The van der Waals surface area contributed by atoms with Crippen LogP contribution in [-0.4, -0.2) is 4.83 Å². The highest BCUT2D eigenvalue weighted by Gasteiger charge is 1.98. The predicted molar refractivity (Wildman–Crippen MR) is 56.5 cm³/mol. The van der Waals surface area contributed by atoms with E-state index in [9.17, 15) is 0 Å². The van der Waals surface area contributed by atoms with Gasteiger partial charge in [-0.05, 0) is 24.1 Å². The molecule has 0 aromatic heterocycles. The molecule has 0 amide bonds. The van der Waals surface area contributed by atoms with Gasteiger partial charge in [-0.25, -0.2) is 0 Å². The minimum absolute atomic E-state index is 0.505. The van der Waals surface area contributed by atoms with E-state index in [0.29, 0.717) is 4.83 Å². The summed E-state index contributed by atoms with van der Waals surface area (Å²) in [6.07, 6.45) is 6.31. The monoisotopic (exact) mass is 222 g/mol. The molecule has 0 aliphatic carbocycles. The van der Waals surface area contributed by atoms with E-state index >= 15 is 0 Å². The van der Waals surface area contributed by atoms with Gasteiger partial charge in [0.25, 0.3) is 0 Å². The van der Waals surface area contributed by atoms with E-state index in [0.717, 1.165) is 12.0 Å². The largest absolute Gasteiger partial charge is 0.115 e. The molecular formula is C11H11Br. The summed E-state index contributed by atoms with van der Waals surface area (Å²) in [7, 11) is 0. The Hall–Kier alpha value is -0.740. The minimum Gasteiger partial charge on any atom is -0.115 e. The van der Waals surface area contributed by atoms with Gasteiger partial charge in [-0.15, -0.1) is 6.42 Å². The second-order valence-electron chi connectivity index (χ2n) is 2.83. The van der Waals surface area contributed by atoms with E-state index in [2.05, 4.69) is 40.9 Å². The molecule has 0 spiro atoms. The first-order valence-corrected chi connectivity index (χ1v) is 4.83. The highest BCUT2D eigenvalue weighted by Crippen LogP contribution is 2.10. The average Bonchev–Trinajstić information content (AvgIpc) is 2.03. The van der Waals surface area contributed by atoms with E-state index < -0.39 is 0 Å². The van der Waals surface area contributed by atoms with E-state index in [1.54, 1.807) is 0 Å². The second kappa shape index (κ2) is 4.33. The van der Waals surface area contributed by atoms with Crippen molar-refractivity contribution in [2.24, 2.45) is 0 Å². The maximum Gasteiger partial charge on any atom is 0.0245 e. The molecule has 1 rings (SSSR count). The molecule has 0 nitrogen and oxygen atoms in total. The molecule has 1 aromatic rings. The van der Waals surface area contributed by atoms with Gasteiger partial charge in [0.05, 0.1) is 0 Å². The Morgan fingerprint density at radius 1 is 1.58 bits per heavy atom. The Kier molecular flexibility index (Phi) is 3.37. The zero-order valence-electron chi connectivity index (χ0n) is 7.05. The van der Waals surface area contributed by atoms with Crippen LogP contribution in [0.5, 0.6) is 0 Å². The maximum absolute atomic E-state index is 5.29. The van der Waals surface area contributed by atoms with Crippen molar-refractivity contribution in [3.05, 3.63) is 35.4 Å². The lowest BCUT2D eigenvalue weighted by atomic mass is 10.1. The van der Waals surface area contributed by atoms with Crippen LogP contribution in [0.15, 0.2) is 24.3 Å². The van der Waals surface area contributed by atoms with Crippen LogP contribution in [0.2, 0.25) is 0 Å². The summed E-state index contributed by atoms with van der Waals surface area (Å²) >= 11 is 3.51. The van der Waals surface area contributed by atoms with Crippen LogP contribution < -0.4 is 0 Å². The first kappa shape index (κ1) is 9.35. The molecule has 1 heteroatoms. The van der Waals surface area contributed by atoms with Crippen LogP contribution in [0.1, 0.15) is 18.1 Å². The van der Waals surface area contributed by atoms with Gasteiger partial charge in [0.15, 0.2) is 0 Å². The Morgan fingerprint density at radius 3 is 2.92 bits per heavy atom. The highest BCUT2D eigenvalue weighted by molar-refractivity contribution is 9.09. The van der Waals surface area contributed by atoms with Gasteiger partial charge in [0.2, 0.25) is 0 Å². The number of alkyl halides is 1. The van der Waals surface area contributed by atoms with E-state index in [1.165, 1.54) is 5.56 Å². The molecule has 0 radical (unpaired) electrons. The average molecular weight is 223 g/mol. The number of benzene rings is 1. The van der Waals surface area contributed by atoms with E-state index in [-0.39, 0.29) is 0 Å². The first-order valence-electron chi connectivity index (χ1n) is 3.92. The summed E-state index contributed by atoms with van der Waals surface area (Å²) in [4.78, 5) is 0.505. The highest BCUT2D eigenvalue weighted by atomic mass is 79.9. The lowest BCUT2D eigenvalue weighted by Crippen LogP contribution is -1.96. The molecular weight excluding hydrogens is 212 g/mol. The number of hydrogen-bond acceptors (Lipinski definition) is 0. The molecule has 1 atom stereocenters. The van der Waals surface area contributed by atoms with Gasteiger partial charge in [0.1, 0.15) is 0 Å². The third-order valence-corrected chi connectivity index (χ3v) is 1.93. The molecule has 0 heterocycles.